The number of rotatable bonds is 8. The Morgan fingerprint density at radius 1 is 1.23 bits per heavy atom. The third-order valence-corrected chi connectivity index (χ3v) is 6.35. The van der Waals surface area contributed by atoms with Gasteiger partial charge in [0.25, 0.3) is 5.91 Å². The Labute approximate surface area is 191 Å². The first-order valence-corrected chi connectivity index (χ1v) is 11.3. The Morgan fingerprint density at radius 2 is 2.03 bits per heavy atom. The molecule has 3 aromatic rings. The van der Waals surface area contributed by atoms with Gasteiger partial charge in [-0.25, -0.2) is 19.7 Å². The Bertz CT molecular complexity index is 1130. The van der Waals surface area contributed by atoms with E-state index in [0.29, 0.717) is 34.4 Å². The summed E-state index contributed by atoms with van der Waals surface area (Å²) in [7, 11) is 0. The minimum Gasteiger partial charge on any atom is -0.368 e. The van der Waals surface area contributed by atoms with E-state index in [9.17, 15) is 9.59 Å². The predicted molar refractivity (Wildman–Crippen MR) is 125 cm³/mol. The molecule has 6 N–H and O–H groups in total. The van der Waals surface area contributed by atoms with Gasteiger partial charge in [-0.2, -0.15) is 0 Å². The number of amides is 3. The van der Waals surface area contributed by atoms with Crippen LogP contribution in [0.15, 0.2) is 30.0 Å². The van der Waals surface area contributed by atoms with Gasteiger partial charge in [-0.15, -0.1) is 22.9 Å². The van der Waals surface area contributed by atoms with Gasteiger partial charge < -0.3 is 16.8 Å². The first kappa shape index (κ1) is 22.7. The fourth-order valence-corrected chi connectivity index (χ4v) is 4.73. The average molecular weight is 478 g/mol. The van der Waals surface area contributed by atoms with E-state index < -0.39 is 6.03 Å². The second-order valence-electron chi connectivity index (χ2n) is 6.41. The van der Waals surface area contributed by atoms with Crippen LogP contribution in [0.2, 0.25) is 0 Å². The maximum absolute atomic E-state index is 12.7. The number of hydrogen-bond donors (Lipinski definition) is 4. The number of thiophene rings is 1. The zero-order valence-corrected chi connectivity index (χ0v) is 18.9. The minimum absolute atomic E-state index is 0.176. The fraction of sp³-hybridized carbons (Fsp3) is 0.211. The molecule has 0 fully saturated rings. The van der Waals surface area contributed by atoms with E-state index in [-0.39, 0.29) is 17.7 Å². The quantitative estimate of drug-likeness (QED) is 0.363. The number of urea groups is 1. The van der Waals surface area contributed by atoms with Crippen LogP contribution in [-0.2, 0) is 5.88 Å². The molecule has 0 aromatic carbocycles. The van der Waals surface area contributed by atoms with Crippen LogP contribution < -0.4 is 22.1 Å². The molecule has 0 atom stereocenters. The van der Waals surface area contributed by atoms with Gasteiger partial charge in [-0.1, -0.05) is 16.9 Å². The third kappa shape index (κ3) is 6.23. The molecule has 0 aliphatic carbocycles. The normalized spacial score (nSPS) is 11.4. The number of halogens is 1. The van der Waals surface area contributed by atoms with Crippen LogP contribution in [0, 0.1) is 0 Å². The highest BCUT2D eigenvalue weighted by Crippen LogP contribution is 2.30. The first-order chi connectivity index (χ1) is 14.9. The molecule has 0 saturated heterocycles. The lowest BCUT2D eigenvalue weighted by atomic mass is 10.2. The molecule has 9 nitrogen and oxygen atoms in total. The molecule has 0 spiro atoms. The molecule has 0 unspecified atom stereocenters. The summed E-state index contributed by atoms with van der Waals surface area (Å²) in [5, 5.41) is 5.82. The largest absolute Gasteiger partial charge is 0.368 e. The molecule has 3 aromatic heterocycles. The maximum atomic E-state index is 12.7. The molecule has 162 valence electrons. The van der Waals surface area contributed by atoms with Gasteiger partial charge in [0.05, 0.1) is 31.9 Å². The number of primary amides is 1. The highest BCUT2D eigenvalue weighted by atomic mass is 35.5. The Kier molecular flexibility index (Phi) is 7.55. The van der Waals surface area contributed by atoms with Crippen molar-refractivity contribution in [3.05, 3.63) is 45.4 Å². The summed E-state index contributed by atoms with van der Waals surface area (Å²) in [6.07, 6.45) is 4.15. The zero-order chi connectivity index (χ0) is 22.4. The fourth-order valence-electron chi connectivity index (χ4n) is 2.57. The molecular weight excluding hydrogens is 458 g/mol. The summed E-state index contributed by atoms with van der Waals surface area (Å²) in [5.74, 6) is 0.115. The number of thiazole rings is 1. The summed E-state index contributed by atoms with van der Waals surface area (Å²) >= 11 is 8.65. The number of nitrogens with zero attached hydrogens (tertiary/aromatic N) is 3. The molecule has 3 amide bonds. The third-order valence-electron chi connectivity index (χ3n) is 4.03. The van der Waals surface area contributed by atoms with E-state index in [1.165, 1.54) is 22.7 Å². The number of aromatic nitrogens is 3. The van der Waals surface area contributed by atoms with Crippen molar-refractivity contribution in [2.75, 3.05) is 17.6 Å². The molecule has 3 heterocycles. The van der Waals surface area contributed by atoms with Crippen LogP contribution in [0.1, 0.15) is 33.6 Å². The monoisotopic (exact) mass is 477 g/mol. The van der Waals surface area contributed by atoms with Gasteiger partial charge in [-0.3, -0.25) is 10.1 Å². The first-order valence-electron chi connectivity index (χ1n) is 9.12. The van der Waals surface area contributed by atoms with Gasteiger partial charge in [0.2, 0.25) is 5.95 Å². The van der Waals surface area contributed by atoms with Crippen molar-refractivity contribution in [1.29, 1.82) is 0 Å². The van der Waals surface area contributed by atoms with E-state index in [0.717, 1.165) is 15.3 Å². The van der Waals surface area contributed by atoms with Crippen molar-refractivity contribution in [1.82, 2.24) is 20.3 Å². The second kappa shape index (κ2) is 10.3. The summed E-state index contributed by atoms with van der Waals surface area (Å²) < 4.78 is 0. The van der Waals surface area contributed by atoms with Crippen LogP contribution in [0.3, 0.4) is 0 Å². The van der Waals surface area contributed by atoms with Crippen LogP contribution in [-0.4, -0.2) is 33.4 Å². The van der Waals surface area contributed by atoms with Crippen LogP contribution >= 0.6 is 34.3 Å². The van der Waals surface area contributed by atoms with Gasteiger partial charge >= 0.3 is 6.03 Å². The van der Waals surface area contributed by atoms with Gasteiger partial charge in [0.15, 0.2) is 5.13 Å². The van der Waals surface area contributed by atoms with Crippen molar-refractivity contribution in [2.45, 2.75) is 19.2 Å². The standard InChI is InChI=1S/C19H20ClN7O2S2/c1-10(4-6-24-18(22)29)8-15-12(9-20)26-19(31-15)27-16(28)14-3-2-13(30-14)11-5-7-23-17(21)25-11/h2-3,5,7-8H,4,6,9H2,1H3,(H2,21,23,25)(H3,22,24,29)(H,26,27,28)/b10-8+. The Morgan fingerprint density at radius 3 is 2.74 bits per heavy atom. The molecule has 12 heteroatoms. The molecule has 0 radical (unpaired) electrons. The van der Waals surface area contributed by atoms with Crippen molar-refractivity contribution >= 4 is 63.4 Å². The molecule has 0 aliphatic heterocycles. The SMILES string of the molecule is C/C(=C\c1sc(NC(=O)c2ccc(-c3ccnc(N)n3)s2)nc1CCl)CCNC(N)=O. The number of nitrogen functional groups attached to an aromatic ring is 1. The van der Waals surface area contributed by atoms with Crippen LogP contribution in [0.25, 0.3) is 16.6 Å². The van der Waals surface area contributed by atoms with Crippen LogP contribution in [0.5, 0.6) is 0 Å². The summed E-state index contributed by atoms with van der Waals surface area (Å²) in [5.41, 5.74) is 13.0. The number of carbonyl (C=O) groups is 2. The minimum atomic E-state index is -0.558. The van der Waals surface area contributed by atoms with E-state index >= 15 is 0 Å². The number of nitrogens with one attached hydrogen (secondary N) is 2. The lowest BCUT2D eigenvalue weighted by molar-refractivity contribution is 0.103. The molecule has 3 rings (SSSR count). The summed E-state index contributed by atoms with van der Waals surface area (Å²) in [6, 6.07) is 4.71. The Balaban J connectivity index is 1.70. The van der Waals surface area contributed by atoms with E-state index in [2.05, 4.69) is 25.6 Å². The van der Waals surface area contributed by atoms with Crippen molar-refractivity contribution in [3.63, 3.8) is 0 Å². The van der Waals surface area contributed by atoms with Crippen molar-refractivity contribution in [3.8, 4) is 10.6 Å². The topological polar surface area (TPSA) is 149 Å². The number of anilines is 2. The molecule has 0 bridgehead atoms. The zero-order valence-electron chi connectivity index (χ0n) is 16.5. The Hall–Kier alpha value is -3.02. The molecule has 31 heavy (non-hydrogen) atoms. The number of hydrogen-bond acceptors (Lipinski definition) is 8. The number of nitrogens with two attached hydrogens (primary N) is 2. The number of carbonyl (C=O) groups excluding carboxylic acids is 2. The highest BCUT2D eigenvalue weighted by Gasteiger charge is 2.15. The average Bonchev–Trinajstić information content (AvgIpc) is 3.35. The smallest absolute Gasteiger partial charge is 0.312 e. The summed E-state index contributed by atoms with van der Waals surface area (Å²) in [4.78, 5) is 38.1. The van der Waals surface area contributed by atoms with Gasteiger partial charge in [0, 0.05) is 12.7 Å². The lowest BCUT2D eigenvalue weighted by Crippen LogP contribution is -2.30. The van der Waals surface area contributed by atoms with Gasteiger partial charge in [0.1, 0.15) is 0 Å². The maximum Gasteiger partial charge on any atom is 0.312 e. The predicted octanol–water partition coefficient (Wildman–Crippen LogP) is 3.70. The van der Waals surface area contributed by atoms with Crippen LogP contribution in [0.4, 0.5) is 15.9 Å². The van der Waals surface area contributed by atoms with Crippen molar-refractivity contribution < 1.29 is 9.59 Å². The lowest BCUT2D eigenvalue weighted by Gasteiger charge is -2.02. The van der Waals surface area contributed by atoms with Gasteiger partial charge in [-0.05, 0) is 37.6 Å². The van der Waals surface area contributed by atoms with E-state index in [1.54, 1.807) is 18.3 Å². The molecule has 0 aliphatic rings. The highest BCUT2D eigenvalue weighted by molar-refractivity contribution is 7.18. The molecular formula is C19H20ClN7O2S2. The van der Waals surface area contributed by atoms with E-state index in [1.807, 2.05) is 19.1 Å². The number of alkyl halides is 1. The van der Waals surface area contributed by atoms with E-state index in [4.69, 9.17) is 23.1 Å². The second-order valence-corrected chi connectivity index (χ2v) is 8.80. The summed E-state index contributed by atoms with van der Waals surface area (Å²) in [6.45, 7) is 2.38. The molecule has 0 saturated carbocycles. The van der Waals surface area contributed by atoms with Crippen molar-refractivity contribution in [2.24, 2.45) is 5.73 Å².